The number of pyridine rings is 1. The normalized spacial score (nSPS) is 10.7. The van der Waals surface area contributed by atoms with Gasteiger partial charge in [-0.1, -0.05) is 0 Å². The van der Waals surface area contributed by atoms with E-state index >= 15 is 0 Å². The summed E-state index contributed by atoms with van der Waals surface area (Å²) < 4.78 is 24.6. The topological polar surface area (TPSA) is 56.0 Å². The predicted octanol–water partition coefficient (Wildman–Crippen LogP) is 3.27. The summed E-state index contributed by atoms with van der Waals surface area (Å²) in [5, 5.41) is 10.6. The molecule has 0 saturated heterocycles. The molecule has 1 heterocycles. The number of nitro groups is 1. The highest BCUT2D eigenvalue weighted by molar-refractivity contribution is 14.1. The Balaban J connectivity index is 3.42. The molecule has 0 aliphatic rings. The Morgan fingerprint density at radius 2 is 2.27 bits per heavy atom. The van der Waals surface area contributed by atoms with E-state index in [0.717, 1.165) is 6.20 Å². The number of hydrogen-bond donors (Lipinski definition) is 0. The molecule has 1 rings (SSSR count). The quantitative estimate of drug-likeness (QED) is 0.365. The number of halogens is 4. The van der Waals surface area contributed by atoms with E-state index in [2.05, 4.69) is 4.98 Å². The lowest BCUT2D eigenvalue weighted by molar-refractivity contribution is -0.386. The number of aromatic nitrogens is 1. The third kappa shape index (κ3) is 2.51. The van der Waals surface area contributed by atoms with Gasteiger partial charge in [0, 0.05) is 6.20 Å². The van der Waals surface area contributed by atoms with E-state index in [0.29, 0.717) is 0 Å². The maximum Gasteiger partial charge on any atom is 0.290 e. The Hall–Kier alpha value is -0.570. The minimum atomic E-state index is -2.83. The van der Waals surface area contributed by atoms with Crippen molar-refractivity contribution < 1.29 is 13.7 Å². The Morgan fingerprint density at radius 1 is 1.67 bits per heavy atom. The third-order valence-electron chi connectivity index (χ3n) is 1.63. The zero-order valence-electron chi connectivity index (χ0n) is 7.08. The molecule has 8 heteroatoms. The molecule has 0 amide bonds. The van der Waals surface area contributed by atoms with Crippen LogP contribution in [-0.4, -0.2) is 9.91 Å². The van der Waals surface area contributed by atoms with E-state index < -0.39 is 22.7 Å². The van der Waals surface area contributed by atoms with Crippen molar-refractivity contribution in [2.24, 2.45) is 0 Å². The van der Waals surface area contributed by atoms with E-state index in [1.165, 1.54) is 22.6 Å². The largest absolute Gasteiger partial charge is 0.290 e. The van der Waals surface area contributed by atoms with Gasteiger partial charge in [0.25, 0.3) is 12.1 Å². The van der Waals surface area contributed by atoms with E-state index in [9.17, 15) is 18.9 Å². The average Bonchev–Trinajstić information content (AvgIpc) is 2.15. The fourth-order valence-corrected chi connectivity index (χ4v) is 2.09. The van der Waals surface area contributed by atoms with Crippen LogP contribution in [0.25, 0.3) is 0 Å². The van der Waals surface area contributed by atoms with Gasteiger partial charge in [0.2, 0.25) is 0 Å². The first kappa shape index (κ1) is 12.5. The number of nitrogens with zero attached hydrogens (tertiary/aromatic N) is 2. The Morgan fingerprint density at radius 3 is 2.67 bits per heavy atom. The van der Waals surface area contributed by atoms with Crippen LogP contribution in [0.15, 0.2) is 6.20 Å². The van der Waals surface area contributed by atoms with Crippen LogP contribution >= 0.6 is 34.2 Å². The predicted molar refractivity (Wildman–Crippen MR) is 58.1 cm³/mol. The first-order valence-corrected chi connectivity index (χ1v) is 5.26. The Bertz CT molecular complexity index is 403. The molecule has 0 bridgehead atoms. The van der Waals surface area contributed by atoms with Gasteiger partial charge in [-0.05, 0) is 22.6 Å². The van der Waals surface area contributed by atoms with Crippen LogP contribution in [0.5, 0.6) is 0 Å². The van der Waals surface area contributed by atoms with Crippen LogP contribution in [0.3, 0.4) is 0 Å². The van der Waals surface area contributed by atoms with E-state index in [1.807, 2.05) is 0 Å². The highest BCUT2D eigenvalue weighted by Crippen LogP contribution is 2.32. The highest BCUT2D eigenvalue weighted by atomic mass is 127. The molecule has 4 nitrogen and oxygen atoms in total. The minimum absolute atomic E-state index is 0.135. The van der Waals surface area contributed by atoms with Crippen molar-refractivity contribution >= 4 is 39.9 Å². The monoisotopic (exact) mass is 348 g/mol. The summed E-state index contributed by atoms with van der Waals surface area (Å²) >= 11 is 6.92. The molecule has 1 aromatic rings. The van der Waals surface area contributed by atoms with E-state index in [1.54, 1.807) is 0 Å². The SMILES string of the molecule is O=[N+]([O-])c1c(CCl)cnc(C(F)F)c1I. The lowest BCUT2D eigenvalue weighted by Crippen LogP contribution is -2.03. The maximum absolute atomic E-state index is 12.4. The molecule has 15 heavy (non-hydrogen) atoms. The van der Waals surface area contributed by atoms with Crippen LogP contribution in [0, 0.1) is 13.7 Å². The summed E-state index contributed by atoms with van der Waals surface area (Å²) in [6.07, 6.45) is -1.82. The summed E-state index contributed by atoms with van der Waals surface area (Å²) in [7, 11) is 0. The number of rotatable bonds is 3. The highest BCUT2D eigenvalue weighted by Gasteiger charge is 2.25. The summed E-state index contributed by atoms with van der Waals surface area (Å²) in [6, 6.07) is 0. The Kier molecular flexibility index (Phi) is 4.14. The molecular formula is C7H4ClF2IN2O2. The molecule has 82 valence electrons. The molecule has 0 saturated carbocycles. The van der Waals surface area contributed by atoms with Gasteiger partial charge in [-0.3, -0.25) is 15.1 Å². The van der Waals surface area contributed by atoms with Crippen LogP contribution in [0.4, 0.5) is 14.5 Å². The van der Waals surface area contributed by atoms with Gasteiger partial charge in [0.05, 0.1) is 16.4 Å². The average molecular weight is 348 g/mol. The molecule has 0 N–H and O–H groups in total. The smallest absolute Gasteiger partial charge is 0.258 e. The molecule has 0 fully saturated rings. The van der Waals surface area contributed by atoms with E-state index in [4.69, 9.17) is 11.6 Å². The molecule has 0 aliphatic carbocycles. The van der Waals surface area contributed by atoms with Crippen LogP contribution in [0.1, 0.15) is 17.7 Å². The molecule has 1 aromatic heterocycles. The molecule has 0 aliphatic heterocycles. The number of hydrogen-bond acceptors (Lipinski definition) is 3. The van der Waals surface area contributed by atoms with Gasteiger partial charge < -0.3 is 0 Å². The van der Waals surface area contributed by atoms with Crippen LogP contribution in [0.2, 0.25) is 0 Å². The van der Waals surface area contributed by atoms with Crippen molar-refractivity contribution in [3.63, 3.8) is 0 Å². The van der Waals surface area contributed by atoms with Crippen molar-refractivity contribution in [2.45, 2.75) is 12.3 Å². The van der Waals surface area contributed by atoms with Gasteiger partial charge in [-0.2, -0.15) is 0 Å². The molecule has 0 spiro atoms. The molecule has 0 aromatic carbocycles. The van der Waals surface area contributed by atoms with Crippen molar-refractivity contribution in [3.8, 4) is 0 Å². The van der Waals surface area contributed by atoms with Crippen molar-refractivity contribution in [3.05, 3.63) is 31.1 Å². The molecule has 0 radical (unpaired) electrons. The molecular weight excluding hydrogens is 344 g/mol. The number of alkyl halides is 3. The zero-order valence-corrected chi connectivity index (χ0v) is 10.00. The maximum atomic E-state index is 12.4. The lowest BCUT2D eigenvalue weighted by atomic mass is 10.2. The summed E-state index contributed by atoms with van der Waals surface area (Å²) in [6.45, 7) is 0. The van der Waals surface area contributed by atoms with Crippen molar-refractivity contribution in [1.82, 2.24) is 4.98 Å². The van der Waals surface area contributed by atoms with Gasteiger partial charge in [-0.15, -0.1) is 11.6 Å². The second-order valence-corrected chi connectivity index (χ2v) is 3.87. The van der Waals surface area contributed by atoms with Gasteiger partial charge in [0.15, 0.2) is 0 Å². The second-order valence-electron chi connectivity index (χ2n) is 2.52. The first-order valence-electron chi connectivity index (χ1n) is 3.64. The Labute approximate surface area is 102 Å². The van der Waals surface area contributed by atoms with Gasteiger partial charge in [0.1, 0.15) is 9.26 Å². The summed E-state index contributed by atoms with van der Waals surface area (Å²) in [5.74, 6) is -0.136. The van der Waals surface area contributed by atoms with Crippen LogP contribution < -0.4 is 0 Å². The van der Waals surface area contributed by atoms with E-state index in [-0.39, 0.29) is 15.0 Å². The zero-order chi connectivity index (χ0) is 11.6. The second kappa shape index (κ2) is 4.97. The van der Waals surface area contributed by atoms with Crippen molar-refractivity contribution in [1.29, 1.82) is 0 Å². The summed E-state index contributed by atoms with van der Waals surface area (Å²) in [5.41, 5.74) is -0.845. The minimum Gasteiger partial charge on any atom is -0.258 e. The van der Waals surface area contributed by atoms with Gasteiger partial charge >= 0.3 is 0 Å². The van der Waals surface area contributed by atoms with Crippen molar-refractivity contribution in [2.75, 3.05) is 0 Å². The molecule has 0 atom stereocenters. The fraction of sp³-hybridized carbons (Fsp3) is 0.286. The first-order chi connectivity index (χ1) is 6.99. The standard InChI is InChI=1S/C7H4ClF2IN2O2/c8-1-3-2-12-5(7(9)10)4(11)6(3)13(14)15/h2,7H,1H2. The summed E-state index contributed by atoms with van der Waals surface area (Å²) in [4.78, 5) is 13.4. The molecule has 0 unspecified atom stereocenters. The third-order valence-corrected chi connectivity index (χ3v) is 2.98. The fourth-order valence-electron chi connectivity index (χ4n) is 0.975. The van der Waals surface area contributed by atoms with Crippen LogP contribution in [-0.2, 0) is 5.88 Å². The lowest BCUT2D eigenvalue weighted by Gasteiger charge is -2.05. The van der Waals surface area contributed by atoms with Gasteiger partial charge in [-0.25, -0.2) is 8.78 Å².